The van der Waals surface area contributed by atoms with E-state index in [0.29, 0.717) is 26.3 Å². The van der Waals surface area contributed by atoms with E-state index in [1.807, 2.05) is 7.05 Å². The van der Waals surface area contributed by atoms with Crippen LogP contribution in [0.25, 0.3) is 0 Å². The molecule has 0 saturated carbocycles. The first-order chi connectivity index (χ1) is 24.2. The van der Waals surface area contributed by atoms with Crippen LogP contribution in [0.1, 0.15) is 194 Å². The monoisotopic (exact) mass is 693 g/mol. The molecule has 0 aromatic rings. The Hall–Kier alpha value is -1.37. The van der Waals surface area contributed by atoms with Gasteiger partial charge in [-0.15, -0.1) is 0 Å². The summed E-state index contributed by atoms with van der Waals surface area (Å²) in [5, 5.41) is 5.78. The van der Waals surface area contributed by atoms with E-state index in [-0.39, 0.29) is 12.7 Å². The standard InChI is InChI=1S/C43H84N2O4/c1-4-6-8-10-12-14-16-18-20-22-24-26-28-30-32-34-38-47-40-42(41-49-43(46)45-37-36-44-3)48-39-35-33-31-29-27-25-23-21-19-17-15-13-11-9-7-5-2/h18-21,42,44H,4-17,22-41H2,1-3H3,(H,45,46)/b20-18-,21-19-. The van der Waals surface area contributed by atoms with E-state index < -0.39 is 6.09 Å². The summed E-state index contributed by atoms with van der Waals surface area (Å²) in [7, 11) is 1.86. The summed E-state index contributed by atoms with van der Waals surface area (Å²) in [6.07, 6.45) is 45.4. The molecule has 0 aromatic heterocycles. The van der Waals surface area contributed by atoms with Gasteiger partial charge in [-0.1, -0.05) is 154 Å². The maximum atomic E-state index is 12.0. The highest BCUT2D eigenvalue weighted by Crippen LogP contribution is 2.12. The van der Waals surface area contributed by atoms with E-state index in [1.54, 1.807) is 0 Å². The summed E-state index contributed by atoms with van der Waals surface area (Å²) in [6.45, 7) is 7.94. The number of carbonyl (C=O) groups is 1. The Bertz CT molecular complexity index is 699. The third kappa shape index (κ3) is 40.9. The second kappa shape index (κ2) is 42.8. The molecule has 0 aliphatic heterocycles. The molecule has 0 bridgehead atoms. The summed E-state index contributed by atoms with van der Waals surface area (Å²) in [5.74, 6) is 0. The van der Waals surface area contributed by atoms with Gasteiger partial charge < -0.3 is 24.8 Å². The third-order valence-corrected chi connectivity index (χ3v) is 9.16. The molecule has 0 aliphatic rings. The van der Waals surface area contributed by atoms with Gasteiger partial charge in [0.2, 0.25) is 0 Å². The summed E-state index contributed by atoms with van der Waals surface area (Å²) < 4.78 is 17.5. The minimum Gasteiger partial charge on any atom is -0.447 e. The van der Waals surface area contributed by atoms with Crippen molar-refractivity contribution in [2.45, 2.75) is 200 Å². The van der Waals surface area contributed by atoms with Crippen LogP contribution in [-0.2, 0) is 14.2 Å². The first kappa shape index (κ1) is 47.6. The Labute approximate surface area is 305 Å². The van der Waals surface area contributed by atoms with E-state index in [1.165, 1.54) is 167 Å². The van der Waals surface area contributed by atoms with Gasteiger partial charge in [0.05, 0.1) is 6.61 Å². The fraction of sp³-hybridized carbons (Fsp3) is 0.884. The molecule has 0 radical (unpaired) electrons. The largest absolute Gasteiger partial charge is 0.447 e. The molecule has 0 spiro atoms. The highest BCUT2D eigenvalue weighted by atomic mass is 16.6. The van der Waals surface area contributed by atoms with Crippen LogP contribution in [0.15, 0.2) is 24.3 Å². The number of carbonyl (C=O) groups excluding carboxylic acids is 1. The molecule has 1 amide bonds. The van der Waals surface area contributed by atoms with E-state index in [9.17, 15) is 4.79 Å². The van der Waals surface area contributed by atoms with Crippen molar-refractivity contribution in [3.63, 3.8) is 0 Å². The fourth-order valence-electron chi connectivity index (χ4n) is 5.92. The normalized spacial score (nSPS) is 12.4. The van der Waals surface area contributed by atoms with Gasteiger partial charge in [-0.05, 0) is 71.3 Å². The SMILES string of the molecule is CCCCCCCC/C=C\CCCCCCCCOCC(COC(=O)NCCNC)OCCCCCCCC/C=C\CCCCCCCC. The molecule has 2 N–H and O–H groups in total. The van der Waals surface area contributed by atoms with Crippen molar-refractivity contribution in [3.05, 3.63) is 24.3 Å². The van der Waals surface area contributed by atoms with Gasteiger partial charge in [0.15, 0.2) is 0 Å². The maximum Gasteiger partial charge on any atom is 0.407 e. The highest BCUT2D eigenvalue weighted by Gasteiger charge is 2.13. The molecule has 0 rings (SSSR count). The number of amides is 1. The maximum absolute atomic E-state index is 12.0. The molecule has 0 saturated heterocycles. The van der Waals surface area contributed by atoms with Gasteiger partial charge in [0, 0.05) is 26.3 Å². The van der Waals surface area contributed by atoms with Crippen LogP contribution in [0.3, 0.4) is 0 Å². The molecule has 1 unspecified atom stereocenters. The van der Waals surface area contributed by atoms with Crippen molar-refractivity contribution in [3.8, 4) is 0 Å². The van der Waals surface area contributed by atoms with Crippen LogP contribution < -0.4 is 10.6 Å². The van der Waals surface area contributed by atoms with Gasteiger partial charge in [-0.2, -0.15) is 0 Å². The predicted octanol–water partition coefficient (Wildman–Crippen LogP) is 12.4. The van der Waals surface area contributed by atoms with Gasteiger partial charge in [-0.3, -0.25) is 0 Å². The van der Waals surface area contributed by atoms with Gasteiger partial charge in [-0.25, -0.2) is 4.79 Å². The lowest BCUT2D eigenvalue weighted by molar-refractivity contribution is -0.0468. The number of hydrogen-bond donors (Lipinski definition) is 2. The first-order valence-corrected chi connectivity index (χ1v) is 21.3. The Balaban J connectivity index is 3.88. The Morgan fingerprint density at radius 3 is 1.37 bits per heavy atom. The highest BCUT2D eigenvalue weighted by molar-refractivity contribution is 5.67. The number of hydrogen-bond acceptors (Lipinski definition) is 5. The fourth-order valence-corrected chi connectivity index (χ4v) is 5.92. The Kier molecular flexibility index (Phi) is 41.6. The Morgan fingerprint density at radius 1 is 0.510 bits per heavy atom. The number of allylic oxidation sites excluding steroid dienone is 4. The molecule has 0 aliphatic carbocycles. The van der Waals surface area contributed by atoms with Crippen LogP contribution in [0.4, 0.5) is 4.79 Å². The van der Waals surface area contributed by atoms with E-state index in [4.69, 9.17) is 14.2 Å². The van der Waals surface area contributed by atoms with Crippen LogP contribution in [0.2, 0.25) is 0 Å². The average molecular weight is 693 g/mol. The van der Waals surface area contributed by atoms with Crippen molar-refractivity contribution in [2.24, 2.45) is 0 Å². The Morgan fingerprint density at radius 2 is 0.918 bits per heavy atom. The summed E-state index contributed by atoms with van der Waals surface area (Å²) >= 11 is 0. The summed E-state index contributed by atoms with van der Waals surface area (Å²) in [4.78, 5) is 12.0. The van der Waals surface area contributed by atoms with E-state index >= 15 is 0 Å². The molecule has 1 atom stereocenters. The summed E-state index contributed by atoms with van der Waals surface area (Å²) in [5.41, 5.74) is 0. The number of likely N-dealkylation sites (N-methyl/N-ethyl adjacent to an activating group) is 1. The van der Waals surface area contributed by atoms with Crippen molar-refractivity contribution in [1.29, 1.82) is 0 Å². The second-order valence-corrected chi connectivity index (χ2v) is 14.1. The van der Waals surface area contributed by atoms with E-state index in [0.717, 1.165) is 19.4 Å². The topological polar surface area (TPSA) is 68.8 Å². The third-order valence-electron chi connectivity index (χ3n) is 9.16. The first-order valence-electron chi connectivity index (χ1n) is 21.3. The van der Waals surface area contributed by atoms with Crippen LogP contribution in [-0.4, -0.2) is 58.8 Å². The van der Waals surface area contributed by atoms with Crippen LogP contribution in [0.5, 0.6) is 0 Å². The number of rotatable bonds is 40. The number of unbranched alkanes of at least 4 members (excludes halogenated alkanes) is 24. The molecule has 6 heteroatoms. The molecule has 0 aromatic carbocycles. The molecule has 49 heavy (non-hydrogen) atoms. The summed E-state index contributed by atoms with van der Waals surface area (Å²) in [6, 6.07) is 0. The van der Waals surface area contributed by atoms with Crippen molar-refractivity contribution in [2.75, 3.05) is 46.6 Å². The van der Waals surface area contributed by atoms with Crippen molar-refractivity contribution in [1.82, 2.24) is 10.6 Å². The quantitative estimate of drug-likeness (QED) is 0.0494. The van der Waals surface area contributed by atoms with E-state index in [2.05, 4.69) is 48.8 Å². The van der Waals surface area contributed by atoms with Gasteiger partial charge >= 0.3 is 6.09 Å². The van der Waals surface area contributed by atoms with Crippen molar-refractivity contribution >= 4 is 6.09 Å². The molecular weight excluding hydrogens is 608 g/mol. The molecule has 0 heterocycles. The van der Waals surface area contributed by atoms with Crippen LogP contribution >= 0.6 is 0 Å². The lowest BCUT2D eigenvalue weighted by atomic mass is 10.1. The van der Waals surface area contributed by atoms with Crippen molar-refractivity contribution < 1.29 is 19.0 Å². The molecule has 0 fully saturated rings. The zero-order valence-corrected chi connectivity index (χ0v) is 33.1. The predicted molar refractivity (Wildman–Crippen MR) is 213 cm³/mol. The van der Waals surface area contributed by atoms with Gasteiger partial charge in [0.1, 0.15) is 12.7 Å². The smallest absolute Gasteiger partial charge is 0.407 e. The number of nitrogens with one attached hydrogen (secondary N) is 2. The molecular formula is C43H84N2O4. The average Bonchev–Trinajstić information content (AvgIpc) is 3.11. The number of ether oxygens (including phenoxy) is 3. The van der Waals surface area contributed by atoms with Crippen LogP contribution in [0, 0.1) is 0 Å². The minimum absolute atomic E-state index is 0.215. The lowest BCUT2D eigenvalue weighted by Crippen LogP contribution is -2.34. The second-order valence-electron chi connectivity index (χ2n) is 14.1. The van der Waals surface area contributed by atoms with Gasteiger partial charge in [0.25, 0.3) is 0 Å². The zero-order valence-electron chi connectivity index (χ0n) is 33.1. The molecule has 290 valence electrons. The zero-order chi connectivity index (χ0) is 35.6. The minimum atomic E-state index is -0.394. The number of alkyl carbamates (subject to hydrolysis) is 1. The lowest BCUT2D eigenvalue weighted by Gasteiger charge is -2.18. The molecule has 6 nitrogen and oxygen atoms in total.